The Morgan fingerprint density at radius 2 is 2.16 bits per heavy atom. The van der Waals surface area contributed by atoms with Crippen molar-refractivity contribution in [1.29, 1.82) is 0 Å². The number of carbonyl (C=O) groups is 1. The second-order valence-corrected chi connectivity index (χ2v) is 6.06. The molecule has 1 aliphatic rings. The molecule has 25 heavy (non-hydrogen) atoms. The lowest BCUT2D eigenvalue weighted by Crippen LogP contribution is -2.42. The Morgan fingerprint density at radius 1 is 1.40 bits per heavy atom. The van der Waals surface area contributed by atoms with E-state index in [1.165, 1.54) is 13.3 Å². The fraction of sp³-hybridized carbons (Fsp3) is 0.176. The number of carbonyl (C=O) groups excluding carboxylic acids is 1. The number of amides is 1. The van der Waals surface area contributed by atoms with E-state index in [-0.39, 0.29) is 12.4 Å². The number of rotatable bonds is 4. The van der Waals surface area contributed by atoms with Gasteiger partial charge in [0.2, 0.25) is 6.10 Å². The van der Waals surface area contributed by atoms with Gasteiger partial charge < -0.3 is 19.3 Å². The molecular formula is C17H15BrN2O5. The van der Waals surface area contributed by atoms with Gasteiger partial charge in [0.1, 0.15) is 6.61 Å². The molecule has 8 heteroatoms. The highest BCUT2D eigenvalue weighted by atomic mass is 79.9. The number of phenolic OH excluding ortho intramolecular Hbond substituents is 1. The maximum atomic E-state index is 12.1. The minimum atomic E-state index is -0.808. The van der Waals surface area contributed by atoms with E-state index in [4.69, 9.17) is 14.2 Å². The number of fused-ring (bicyclic) bond motifs is 1. The highest BCUT2D eigenvalue weighted by Crippen LogP contribution is 2.33. The number of hydrazone groups is 1. The van der Waals surface area contributed by atoms with Crippen molar-refractivity contribution in [2.24, 2.45) is 5.10 Å². The molecule has 0 radical (unpaired) electrons. The van der Waals surface area contributed by atoms with Crippen LogP contribution >= 0.6 is 15.9 Å². The SMILES string of the molecule is COc1cc(Br)cc(/C=N/NC(=O)[C@@H]2COc3ccccc3O2)c1O. The Balaban J connectivity index is 1.65. The van der Waals surface area contributed by atoms with E-state index in [2.05, 4.69) is 26.5 Å². The molecule has 0 saturated heterocycles. The Kier molecular flexibility index (Phi) is 5.08. The zero-order valence-electron chi connectivity index (χ0n) is 13.2. The van der Waals surface area contributed by atoms with Crippen molar-refractivity contribution < 1.29 is 24.1 Å². The minimum absolute atomic E-state index is 0.0742. The molecule has 1 atom stereocenters. The fourth-order valence-electron chi connectivity index (χ4n) is 2.23. The standard InChI is InChI=1S/C17H15BrN2O5/c1-23-14-7-11(18)6-10(16(14)21)8-19-20-17(22)15-9-24-12-4-2-3-5-13(12)25-15/h2-8,15,21H,9H2,1H3,(H,20,22)/b19-8+/t15-/m0/s1. The number of methoxy groups -OCH3 is 1. The number of hydrogen-bond acceptors (Lipinski definition) is 6. The predicted octanol–water partition coefficient (Wildman–Crippen LogP) is 2.45. The summed E-state index contributed by atoms with van der Waals surface area (Å²) in [5.74, 6) is 0.873. The van der Waals surface area contributed by atoms with Crippen molar-refractivity contribution in [3.05, 3.63) is 46.4 Å². The first-order chi connectivity index (χ1) is 12.1. The minimum Gasteiger partial charge on any atom is -0.504 e. The summed E-state index contributed by atoms with van der Waals surface area (Å²) in [7, 11) is 1.45. The zero-order valence-corrected chi connectivity index (χ0v) is 14.8. The molecule has 0 aliphatic carbocycles. The molecule has 7 nitrogen and oxygen atoms in total. The summed E-state index contributed by atoms with van der Waals surface area (Å²) in [5.41, 5.74) is 2.76. The number of para-hydroxylation sites is 2. The van der Waals surface area contributed by atoms with Gasteiger partial charge in [-0.15, -0.1) is 0 Å². The zero-order chi connectivity index (χ0) is 17.8. The summed E-state index contributed by atoms with van der Waals surface area (Å²) in [6.07, 6.45) is 0.510. The van der Waals surface area contributed by atoms with Crippen molar-refractivity contribution in [3.8, 4) is 23.0 Å². The third-order valence-corrected chi connectivity index (χ3v) is 3.93. The van der Waals surface area contributed by atoms with E-state index in [1.54, 1.807) is 30.3 Å². The smallest absolute Gasteiger partial charge is 0.284 e. The van der Waals surface area contributed by atoms with Gasteiger partial charge in [0.25, 0.3) is 5.91 Å². The number of benzene rings is 2. The number of nitrogens with one attached hydrogen (secondary N) is 1. The van der Waals surface area contributed by atoms with Crippen LogP contribution in [0.5, 0.6) is 23.0 Å². The van der Waals surface area contributed by atoms with Gasteiger partial charge in [0.15, 0.2) is 23.0 Å². The van der Waals surface area contributed by atoms with Gasteiger partial charge in [-0.25, -0.2) is 5.43 Å². The van der Waals surface area contributed by atoms with Crippen LogP contribution in [0.25, 0.3) is 0 Å². The molecular weight excluding hydrogens is 392 g/mol. The van der Waals surface area contributed by atoms with Crippen LogP contribution in [0.1, 0.15) is 5.56 Å². The summed E-state index contributed by atoms with van der Waals surface area (Å²) in [6.45, 7) is 0.0916. The van der Waals surface area contributed by atoms with Crippen LogP contribution in [-0.4, -0.2) is 37.0 Å². The van der Waals surface area contributed by atoms with Crippen LogP contribution < -0.4 is 19.6 Å². The highest BCUT2D eigenvalue weighted by Gasteiger charge is 2.27. The van der Waals surface area contributed by atoms with Crippen molar-refractivity contribution in [1.82, 2.24) is 5.43 Å². The second-order valence-electron chi connectivity index (χ2n) is 5.14. The molecule has 2 N–H and O–H groups in total. The van der Waals surface area contributed by atoms with Gasteiger partial charge in [-0.05, 0) is 24.3 Å². The predicted molar refractivity (Wildman–Crippen MR) is 94.4 cm³/mol. The number of aromatic hydroxyl groups is 1. The summed E-state index contributed by atoms with van der Waals surface area (Å²) in [5, 5.41) is 13.9. The van der Waals surface area contributed by atoms with E-state index in [9.17, 15) is 9.90 Å². The number of hydrogen-bond donors (Lipinski definition) is 2. The molecule has 0 unspecified atom stereocenters. The summed E-state index contributed by atoms with van der Waals surface area (Å²) < 4.78 is 16.8. The molecule has 1 aliphatic heterocycles. The molecule has 2 aromatic carbocycles. The van der Waals surface area contributed by atoms with E-state index in [1.807, 2.05) is 6.07 Å². The van der Waals surface area contributed by atoms with Crippen LogP contribution in [0.4, 0.5) is 0 Å². The molecule has 1 amide bonds. The number of phenols is 1. The third-order valence-electron chi connectivity index (χ3n) is 3.47. The topological polar surface area (TPSA) is 89.4 Å². The van der Waals surface area contributed by atoms with Gasteiger partial charge in [0, 0.05) is 10.0 Å². The fourth-order valence-corrected chi connectivity index (χ4v) is 2.69. The molecule has 2 aromatic rings. The van der Waals surface area contributed by atoms with Crippen LogP contribution in [0.3, 0.4) is 0 Å². The van der Waals surface area contributed by atoms with Gasteiger partial charge in [-0.2, -0.15) is 5.10 Å². The third kappa shape index (κ3) is 3.85. The van der Waals surface area contributed by atoms with Crippen LogP contribution in [0.15, 0.2) is 46.0 Å². The first-order valence-electron chi connectivity index (χ1n) is 7.36. The van der Waals surface area contributed by atoms with Crippen LogP contribution in [0, 0.1) is 0 Å². The summed E-state index contributed by atoms with van der Waals surface area (Å²) >= 11 is 3.31. The van der Waals surface area contributed by atoms with E-state index < -0.39 is 12.0 Å². The van der Waals surface area contributed by atoms with Gasteiger partial charge in [0.05, 0.1) is 13.3 Å². The van der Waals surface area contributed by atoms with Crippen molar-refractivity contribution >= 4 is 28.1 Å². The molecule has 1 heterocycles. The lowest BCUT2D eigenvalue weighted by atomic mass is 10.2. The monoisotopic (exact) mass is 406 g/mol. The van der Waals surface area contributed by atoms with Crippen molar-refractivity contribution in [3.63, 3.8) is 0 Å². The first-order valence-corrected chi connectivity index (χ1v) is 8.15. The molecule has 0 spiro atoms. The maximum absolute atomic E-state index is 12.1. The number of nitrogens with zero attached hydrogens (tertiary/aromatic N) is 1. The van der Waals surface area contributed by atoms with E-state index >= 15 is 0 Å². The van der Waals surface area contributed by atoms with Gasteiger partial charge in [-0.1, -0.05) is 28.1 Å². The van der Waals surface area contributed by atoms with Crippen LogP contribution in [-0.2, 0) is 4.79 Å². The molecule has 130 valence electrons. The lowest BCUT2D eigenvalue weighted by molar-refractivity contribution is -0.130. The summed E-state index contributed by atoms with van der Waals surface area (Å²) in [4.78, 5) is 12.1. The lowest BCUT2D eigenvalue weighted by Gasteiger charge is -2.24. The van der Waals surface area contributed by atoms with E-state index in [0.717, 1.165) is 0 Å². The Labute approximate surface area is 152 Å². The molecule has 0 bridgehead atoms. The van der Waals surface area contributed by atoms with Crippen molar-refractivity contribution in [2.45, 2.75) is 6.10 Å². The molecule has 0 aromatic heterocycles. The molecule has 3 rings (SSSR count). The van der Waals surface area contributed by atoms with Crippen molar-refractivity contribution in [2.75, 3.05) is 13.7 Å². The van der Waals surface area contributed by atoms with Crippen LogP contribution in [0.2, 0.25) is 0 Å². The average Bonchev–Trinajstić information content (AvgIpc) is 2.63. The van der Waals surface area contributed by atoms with E-state index in [0.29, 0.717) is 27.3 Å². The second kappa shape index (κ2) is 7.43. The Hall–Kier alpha value is -2.74. The largest absolute Gasteiger partial charge is 0.504 e. The molecule has 0 saturated carbocycles. The quantitative estimate of drug-likeness (QED) is 0.601. The Bertz CT molecular complexity index is 825. The maximum Gasteiger partial charge on any atom is 0.284 e. The first kappa shape index (κ1) is 17.1. The average molecular weight is 407 g/mol. The highest BCUT2D eigenvalue weighted by molar-refractivity contribution is 9.10. The summed E-state index contributed by atoms with van der Waals surface area (Å²) in [6, 6.07) is 10.4. The normalized spacial score (nSPS) is 15.8. The Morgan fingerprint density at radius 3 is 2.92 bits per heavy atom. The number of ether oxygens (including phenoxy) is 3. The molecule has 0 fully saturated rings. The van der Waals surface area contributed by atoms with Gasteiger partial charge in [-0.3, -0.25) is 4.79 Å². The van der Waals surface area contributed by atoms with Gasteiger partial charge >= 0.3 is 0 Å². The number of halogens is 1.